The van der Waals surface area contributed by atoms with Gasteiger partial charge in [-0.15, -0.1) is 5.10 Å². The van der Waals surface area contributed by atoms with Gasteiger partial charge in [-0.2, -0.15) is 0 Å². The van der Waals surface area contributed by atoms with Crippen molar-refractivity contribution in [3.63, 3.8) is 0 Å². The lowest BCUT2D eigenvalue weighted by atomic mass is 9.78. The lowest BCUT2D eigenvalue weighted by molar-refractivity contribution is 0.00606. The van der Waals surface area contributed by atoms with E-state index in [2.05, 4.69) is 43.2 Å². The van der Waals surface area contributed by atoms with Gasteiger partial charge in [-0.3, -0.25) is 9.78 Å². The summed E-state index contributed by atoms with van der Waals surface area (Å²) in [6, 6.07) is 4.14. The Morgan fingerprint density at radius 1 is 1.10 bits per heavy atom. The third-order valence-electron chi connectivity index (χ3n) is 8.49. The second kappa shape index (κ2) is 12.1. The van der Waals surface area contributed by atoms with Crippen molar-refractivity contribution in [1.29, 1.82) is 0 Å². The fraction of sp³-hybridized carbons (Fsp3) is 0.552. The van der Waals surface area contributed by atoms with E-state index in [1.54, 1.807) is 0 Å². The van der Waals surface area contributed by atoms with Crippen molar-refractivity contribution in [3.05, 3.63) is 42.2 Å². The monoisotopic (exact) mass is 579 g/mol. The van der Waals surface area contributed by atoms with E-state index in [-0.39, 0.29) is 35.5 Å². The molecule has 224 valence electrons. The van der Waals surface area contributed by atoms with Crippen LogP contribution in [0.2, 0.25) is 0 Å². The van der Waals surface area contributed by atoms with Gasteiger partial charge < -0.3 is 30.9 Å². The van der Waals surface area contributed by atoms with E-state index in [4.69, 9.17) is 9.84 Å². The van der Waals surface area contributed by atoms with Gasteiger partial charge in [-0.05, 0) is 71.5 Å². The zero-order valence-electron chi connectivity index (χ0n) is 24.0. The Balaban J connectivity index is 1.25. The molecule has 2 saturated carbocycles. The highest BCUT2D eigenvalue weighted by Gasteiger charge is 2.41. The number of pyridine rings is 1. The van der Waals surface area contributed by atoms with Crippen LogP contribution in [0, 0.1) is 11.7 Å². The van der Waals surface area contributed by atoms with Crippen molar-refractivity contribution in [2.45, 2.75) is 76.1 Å². The molecule has 12 nitrogen and oxygen atoms in total. The third-order valence-corrected chi connectivity index (χ3v) is 8.49. The first-order chi connectivity index (χ1) is 20.4. The van der Waals surface area contributed by atoms with Gasteiger partial charge in [0, 0.05) is 42.9 Å². The van der Waals surface area contributed by atoms with Gasteiger partial charge >= 0.3 is 6.09 Å². The Morgan fingerprint density at radius 2 is 1.93 bits per heavy atom. The van der Waals surface area contributed by atoms with Crippen LogP contribution in [0.1, 0.15) is 62.4 Å². The molecular weight excluding hydrogens is 541 g/mol. The summed E-state index contributed by atoms with van der Waals surface area (Å²) in [6.07, 6.45) is 10.1. The van der Waals surface area contributed by atoms with Crippen molar-refractivity contribution in [2.75, 3.05) is 36.1 Å². The van der Waals surface area contributed by atoms with Gasteiger partial charge in [-0.1, -0.05) is 0 Å². The standard InChI is InChI=1S/C29H38FN9O3/c1-3-32-29(41)42-25-9-8-18(13-19(25)23-5-4-12-38(23)2)35-26-14-22(34-17-6-7-17)27-33-16-24(39(27)37-26)28(40)36-21-10-11-31-15-20(21)30/h10-11,14-19,23,25,34H,3-9,12-13H2,1-2H3,(H,32,41)(H,35,37)(H,31,36,40)/t18?,19-,23?,25+/m0/s1. The number of nitrogens with zero attached hydrogens (tertiary/aromatic N) is 5. The summed E-state index contributed by atoms with van der Waals surface area (Å²) in [5, 5.41) is 17.3. The minimum Gasteiger partial charge on any atom is -0.446 e. The molecule has 0 spiro atoms. The summed E-state index contributed by atoms with van der Waals surface area (Å²) in [5.74, 6) is -0.356. The molecule has 3 aliphatic rings. The number of amides is 2. The van der Waals surface area contributed by atoms with Crippen LogP contribution >= 0.6 is 0 Å². The summed E-state index contributed by atoms with van der Waals surface area (Å²) in [7, 11) is 2.15. The summed E-state index contributed by atoms with van der Waals surface area (Å²) in [4.78, 5) is 36.1. The molecule has 0 radical (unpaired) electrons. The Kier molecular flexibility index (Phi) is 8.09. The van der Waals surface area contributed by atoms with E-state index in [9.17, 15) is 14.0 Å². The maximum Gasteiger partial charge on any atom is 0.407 e. The summed E-state index contributed by atoms with van der Waals surface area (Å²) >= 11 is 0. The summed E-state index contributed by atoms with van der Waals surface area (Å²) in [5.41, 5.74) is 1.53. The number of imidazole rings is 1. The SMILES string of the molecule is CCNC(=O)O[C@@H]1CCC(Nc2cc(NC3CC3)c3ncc(C(=O)Nc4ccncc4F)n3n2)C[C@H]1C1CCCN1C. The second-order valence-electron chi connectivity index (χ2n) is 11.5. The van der Waals surface area contributed by atoms with Crippen LogP contribution in [-0.4, -0.2) is 80.8 Å². The zero-order valence-corrected chi connectivity index (χ0v) is 24.0. The predicted molar refractivity (Wildman–Crippen MR) is 156 cm³/mol. The third kappa shape index (κ3) is 6.10. The molecule has 6 rings (SSSR count). The zero-order chi connectivity index (χ0) is 29.2. The van der Waals surface area contributed by atoms with Crippen LogP contribution in [0.25, 0.3) is 5.65 Å². The largest absolute Gasteiger partial charge is 0.446 e. The number of carbonyl (C=O) groups is 2. The first-order valence-corrected chi connectivity index (χ1v) is 14.9. The molecule has 3 aromatic heterocycles. The van der Waals surface area contributed by atoms with Gasteiger partial charge in [0.15, 0.2) is 17.2 Å². The van der Waals surface area contributed by atoms with Crippen LogP contribution in [-0.2, 0) is 4.74 Å². The molecule has 2 amide bonds. The molecular formula is C29H38FN9O3. The van der Waals surface area contributed by atoms with E-state index in [0.29, 0.717) is 30.1 Å². The Labute approximate surface area is 243 Å². The quantitative estimate of drug-likeness (QED) is 0.298. The molecule has 3 aromatic rings. The smallest absolute Gasteiger partial charge is 0.407 e. The number of alkyl carbamates (subject to hydrolysis) is 1. The molecule has 13 heteroatoms. The van der Waals surface area contributed by atoms with E-state index in [1.807, 2.05) is 13.0 Å². The minimum absolute atomic E-state index is 0.0325. The lowest BCUT2D eigenvalue weighted by Gasteiger charge is -2.41. The van der Waals surface area contributed by atoms with Crippen LogP contribution < -0.4 is 21.3 Å². The fourth-order valence-electron chi connectivity index (χ4n) is 6.28. The van der Waals surface area contributed by atoms with Crippen LogP contribution in [0.4, 0.5) is 26.4 Å². The van der Waals surface area contributed by atoms with Crippen molar-refractivity contribution in [3.8, 4) is 0 Å². The number of nitrogens with one attached hydrogen (secondary N) is 4. The highest BCUT2D eigenvalue weighted by atomic mass is 19.1. The number of aromatic nitrogens is 4. The van der Waals surface area contributed by atoms with Crippen molar-refractivity contribution in [1.82, 2.24) is 29.8 Å². The Morgan fingerprint density at radius 3 is 2.67 bits per heavy atom. The van der Waals surface area contributed by atoms with Gasteiger partial charge in [0.05, 0.1) is 23.8 Å². The van der Waals surface area contributed by atoms with Crippen LogP contribution in [0.3, 0.4) is 0 Å². The Bertz CT molecular complexity index is 1440. The number of likely N-dealkylation sites (tertiary alicyclic amines) is 1. The first kappa shape index (κ1) is 28.1. The average molecular weight is 580 g/mol. The number of hydrogen-bond acceptors (Lipinski definition) is 9. The summed E-state index contributed by atoms with van der Waals surface area (Å²) in [6.45, 7) is 3.45. The maximum absolute atomic E-state index is 14.2. The molecule has 42 heavy (non-hydrogen) atoms. The average Bonchev–Trinajstić information content (AvgIpc) is 3.51. The molecule has 2 unspecified atom stereocenters. The van der Waals surface area contributed by atoms with Crippen LogP contribution in [0.5, 0.6) is 0 Å². The second-order valence-corrected chi connectivity index (χ2v) is 11.5. The molecule has 0 aromatic carbocycles. The van der Waals surface area contributed by atoms with Crippen LogP contribution in [0.15, 0.2) is 30.7 Å². The number of fused-ring (bicyclic) bond motifs is 1. The number of halogens is 1. The van der Waals surface area contributed by atoms with Gasteiger partial charge in [-0.25, -0.2) is 18.7 Å². The van der Waals surface area contributed by atoms with Crippen molar-refractivity contribution in [2.24, 2.45) is 5.92 Å². The molecule has 1 saturated heterocycles. The number of hydrogen-bond donors (Lipinski definition) is 4. The highest BCUT2D eigenvalue weighted by molar-refractivity contribution is 6.03. The van der Waals surface area contributed by atoms with Gasteiger partial charge in [0.1, 0.15) is 11.9 Å². The lowest BCUT2D eigenvalue weighted by Crippen LogP contribution is -2.48. The number of anilines is 3. The minimum atomic E-state index is -0.625. The van der Waals surface area contributed by atoms with Crippen molar-refractivity contribution >= 4 is 34.8 Å². The van der Waals surface area contributed by atoms with Gasteiger partial charge in [0.25, 0.3) is 5.91 Å². The van der Waals surface area contributed by atoms with E-state index < -0.39 is 11.7 Å². The predicted octanol–water partition coefficient (Wildman–Crippen LogP) is 3.88. The normalized spacial score (nSPS) is 24.4. The molecule has 4 N–H and O–H groups in total. The van der Waals surface area contributed by atoms with E-state index in [1.165, 1.54) is 23.0 Å². The van der Waals surface area contributed by atoms with E-state index in [0.717, 1.165) is 63.4 Å². The molecule has 2 aliphatic carbocycles. The van der Waals surface area contributed by atoms with Gasteiger partial charge in [0.2, 0.25) is 0 Å². The van der Waals surface area contributed by atoms with E-state index >= 15 is 0 Å². The molecule has 1 aliphatic heterocycles. The molecule has 4 heterocycles. The molecule has 0 bridgehead atoms. The Hall–Kier alpha value is -4.00. The molecule has 3 fully saturated rings. The topological polar surface area (TPSA) is 138 Å². The first-order valence-electron chi connectivity index (χ1n) is 14.9. The molecule has 4 atom stereocenters. The number of carbonyl (C=O) groups excluding carboxylic acids is 2. The highest BCUT2D eigenvalue weighted by Crippen LogP contribution is 2.37. The number of rotatable bonds is 9. The summed E-state index contributed by atoms with van der Waals surface area (Å²) < 4.78 is 21.6. The van der Waals surface area contributed by atoms with Crippen molar-refractivity contribution < 1.29 is 18.7 Å². The fourth-order valence-corrected chi connectivity index (χ4v) is 6.28. The maximum atomic E-state index is 14.2. The number of ether oxygens (including phenoxy) is 1.